The molecule has 140 valence electrons. The van der Waals surface area contributed by atoms with Crippen LogP contribution in [0.25, 0.3) is 10.9 Å². The number of rotatable bonds is 3. The smallest absolute Gasteiger partial charge is 0.319 e. The summed E-state index contributed by atoms with van der Waals surface area (Å²) in [6.45, 7) is -1.24. The van der Waals surface area contributed by atoms with Gasteiger partial charge in [-0.05, 0) is 18.6 Å². The number of nitrogens with two attached hydrogens (primary N) is 1. The van der Waals surface area contributed by atoms with Gasteiger partial charge in [0.15, 0.2) is 6.10 Å². The van der Waals surface area contributed by atoms with E-state index in [9.17, 15) is 23.5 Å². The quantitative estimate of drug-likeness (QED) is 0.731. The van der Waals surface area contributed by atoms with Crippen LogP contribution in [0.15, 0.2) is 6.07 Å². The largest absolute Gasteiger partial charge is 0.378 e. The highest BCUT2D eigenvalue weighted by Crippen LogP contribution is 2.45. The summed E-state index contributed by atoms with van der Waals surface area (Å²) >= 11 is 12.2. The second kappa shape index (κ2) is 6.68. The molecule has 2 unspecified atom stereocenters. The molecule has 3 rings (SSSR count). The zero-order chi connectivity index (χ0) is 19.3. The average molecular weight is 406 g/mol. The van der Waals surface area contributed by atoms with Gasteiger partial charge in [-0.15, -0.1) is 0 Å². The molecule has 1 aliphatic heterocycles. The number of nitrogens with zero attached hydrogens (tertiary/aromatic N) is 1. The van der Waals surface area contributed by atoms with Crippen LogP contribution in [-0.2, 0) is 16.0 Å². The number of primary amides is 1. The number of nitrogens with one attached hydrogen (secondary N) is 1. The van der Waals surface area contributed by atoms with Crippen molar-refractivity contribution in [2.75, 3.05) is 6.54 Å². The van der Waals surface area contributed by atoms with Gasteiger partial charge in [0.05, 0.1) is 21.5 Å². The van der Waals surface area contributed by atoms with E-state index in [-0.39, 0.29) is 56.6 Å². The molecule has 2 atom stereocenters. The number of hydrogen-bond acceptors (Lipinski definition) is 3. The molecule has 1 aromatic carbocycles. The number of amides is 2. The molecule has 2 amide bonds. The van der Waals surface area contributed by atoms with Gasteiger partial charge >= 0.3 is 6.55 Å². The fourth-order valence-electron chi connectivity index (χ4n) is 3.44. The van der Waals surface area contributed by atoms with E-state index in [1.54, 1.807) is 6.92 Å². The highest BCUT2D eigenvalue weighted by Gasteiger charge is 2.35. The molecule has 0 bridgehead atoms. The molecule has 4 N–H and O–H groups in total. The normalized spacial score (nSPS) is 18.6. The molecule has 0 aliphatic carbocycles. The topological polar surface area (TPSA) is 97.3 Å². The molecular weight excluding hydrogens is 391 g/mol. The Hall–Kier alpha value is -1.90. The lowest BCUT2D eigenvalue weighted by Crippen LogP contribution is -2.27. The van der Waals surface area contributed by atoms with Crippen LogP contribution in [0, 0.1) is 0 Å². The van der Waals surface area contributed by atoms with Crippen molar-refractivity contribution in [2.24, 2.45) is 5.73 Å². The van der Waals surface area contributed by atoms with Crippen molar-refractivity contribution in [1.29, 1.82) is 0 Å². The number of alkyl halides is 2. The standard InChI is InChI=1S/C16H15Cl2F2N3O3/c1-5-9-8(2-3-22-15(5)26)23(16(19)20)12-10(9)6(13(24)14(21)25)4-7(17)11(12)18/h4-5,13,16,24H,2-3H2,1H3,(H2,21,25)(H,22,26). The Morgan fingerprint density at radius 1 is 1.46 bits per heavy atom. The summed E-state index contributed by atoms with van der Waals surface area (Å²) in [5, 5.41) is 12.7. The first-order chi connectivity index (χ1) is 12.2. The highest BCUT2D eigenvalue weighted by atomic mass is 35.5. The Balaban J connectivity index is 2.54. The lowest BCUT2D eigenvalue weighted by molar-refractivity contribution is -0.126. The van der Waals surface area contributed by atoms with Crippen LogP contribution in [0.3, 0.4) is 0 Å². The van der Waals surface area contributed by atoms with E-state index in [1.807, 2.05) is 0 Å². The van der Waals surface area contributed by atoms with Crippen LogP contribution >= 0.6 is 23.2 Å². The molecule has 2 heterocycles. The molecule has 0 saturated carbocycles. The van der Waals surface area contributed by atoms with Gasteiger partial charge in [0.25, 0.3) is 5.91 Å². The van der Waals surface area contributed by atoms with Gasteiger partial charge in [0.2, 0.25) is 5.91 Å². The summed E-state index contributed by atoms with van der Waals surface area (Å²) in [6, 6.07) is 1.22. The minimum atomic E-state index is -2.96. The van der Waals surface area contributed by atoms with Crippen LogP contribution in [-0.4, -0.2) is 28.0 Å². The Morgan fingerprint density at radius 2 is 2.12 bits per heavy atom. The minimum Gasteiger partial charge on any atom is -0.378 e. The molecule has 0 radical (unpaired) electrons. The third-order valence-corrected chi connectivity index (χ3v) is 5.36. The average Bonchev–Trinajstić information content (AvgIpc) is 2.84. The summed E-state index contributed by atoms with van der Waals surface area (Å²) in [6.07, 6.45) is -1.66. The van der Waals surface area contributed by atoms with Crippen molar-refractivity contribution in [3.05, 3.63) is 32.9 Å². The van der Waals surface area contributed by atoms with Crippen LogP contribution in [0.1, 0.15) is 42.3 Å². The second-order valence-electron chi connectivity index (χ2n) is 6.06. The predicted octanol–water partition coefficient (Wildman–Crippen LogP) is 2.64. The van der Waals surface area contributed by atoms with Crippen LogP contribution in [0.2, 0.25) is 10.0 Å². The fourth-order valence-corrected chi connectivity index (χ4v) is 3.89. The van der Waals surface area contributed by atoms with Gasteiger partial charge in [-0.2, -0.15) is 8.78 Å². The molecular formula is C16H15Cl2F2N3O3. The van der Waals surface area contributed by atoms with E-state index in [2.05, 4.69) is 5.32 Å². The van der Waals surface area contributed by atoms with Gasteiger partial charge in [-0.1, -0.05) is 23.2 Å². The van der Waals surface area contributed by atoms with E-state index < -0.39 is 24.5 Å². The Kier molecular flexibility index (Phi) is 4.85. The summed E-state index contributed by atoms with van der Waals surface area (Å²) in [5.74, 6) is -2.23. The summed E-state index contributed by atoms with van der Waals surface area (Å²) < 4.78 is 28.5. The van der Waals surface area contributed by atoms with Crippen LogP contribution in [0.5, 0.6) is 0 Å². The monoisotopic (exact) mass is 405 g/mol. The number of halogens is 4. The number of fused-ring (bicyclic) bond motifs is 3. The van der Waals surface area contributed by atoms with Crippen molar-refractivity contribution >= 4 is 45.9 Å². The van der Waals surface area contributed by atoms with Crippen molar-refractivity contribution in [3.63, 3.8) is 0 Å². The Labute approximate surface area is 156 Å². The van der Waals surface area contributed by atoms with E-state index in [4.69, 9.17) is 28.9 Å². The lowest BCUT2D eigenvalue weighted by Gasteiger charge is -2.15. The molecule has 6 nitrogen and oxygen atoms in total. The first kappa shape index (κ1) is 18.9. The van der Waals surface area contributed by atoms with Gasteiger partial charge in [0, 0.05) is 29.6 Å². The summed E-state index contributed by atoms with van der Waals surface area (Å²) in [5.41, 5.74) is 5.48. The van der Waals surface area contributed by atoms with Gasteiger partial charge in [-0.25, -0.2) is 0 Å². The lowest BCUT2D eigenvalue weighted by atomic mass is 9.92. The maximum absolute atomic E-state index is 13.9. The number of carbonyl (C=O) groups is 2. The van der Waals surface area contributed by atoms with Gasteiger partial charge in [-0.3, -0.25) is 14.2 Å². The first-order valence-electron chi connectivity index (χ1n) is 7.74. The second-order valence-corrected chi connectivity index (χ2v) is 6.85. The maximum Gasteiger partial charge on any atom is 0.319 e. The predicted molar refractivity (Wildman–Crippen MR) is 92.5 cm³/mol. The van der Waals surface area contributed by atoms with Gasteiger partial charge in [0.1, 0.15) is 0 Å². The van der Waals surface area contributed by atoms with Crippen LogP contribution in [0.4, 0.5) is 8.78 Å². The summed E-state index contributed by atoms with van der Waals surface area (Å²) in [4.78, 5) is 23.8. The van der Waals surface area contributed by atoms with Crippen molar-refractivity contribution in [1.82, 2.24) is 9.88 Å². The van der Waals surface area contributed by atoms with Gasteiger partial charge < -0.3 is 16.2 Å². The molecule has 1 aliphatic rings. The third kappa shape index (κ3) is 2.72. The molecule has 0 fully saturated rings. The fraction of sp³-hybridized carbons (Fsp3) is 0.375. The number of carbonyl (C=O) groups excluding carboxylic acids is 2. The van der Waals surface area contributed by atoms with Crippen molar-refractivity contribution in [2.45, 2.75) is 31.9 Å². The van der Waals surface area contributed by atoms with Crippen molar-refractivity contribution in [3.8, 4) is 0 Å². The van der Waals surface area contributed by atoms with E-state index in [1.165, 1.54) is 6.07 Å². The highest BCUT2D eigenvalue weighted by molar-refractivity contribution is 6.45. The number of hydrogen-bond donors (Lipinski definition) is 3. The van der Waals surface area contributed by atoms with E-state index in [0.29, 0.717) is 4.57 Å². The molecule has 1 aromatic heterocycles. The molecule has 10 heteroatoms. The van der Waals surface area contributed by atoms with E-state index >= 15 is 0 Å². The minimum absolute atomic E-state index is 0.0564. The maximum atomic E-state index is 13.9. The molecule has 2 aromatic rings. The molecule has 0 saturated heterocycles. The zero-order valence-corrected chi connectivity index (χ0v) is 15.0. The zero-order valence-electron chi connectivity index (χ0n) is 13.5. The van der Waals surface area contributed by atoms with Crippen molar-refractivity contribution < 1.29 is 23.5 Å². The number of aliphatic hydroxyl groups is 1. The molecule has 26 heavy (non-hydrogen) atoms. The molecule has 0 spiro atoms. The summed E-state index contributed by atoms with van der Waals surface area (Å²) in [7, 11) is 0. The number of aromatic nitrogens is 1. The Bertz CT molecular complexity index is 930. The Morgan fingerprint density at radius 3 is 2.69 bits per heavy atom. The third-order valence-electron chi connectivity index (χ3n) is 4.58. The first-order valence-corrected chi connectivity index (χ1v) is 8.50. The number of benzene rings is 1. The number of aliphatic hydroxyl groups excluding tert-OH is 1. The SMILES string of the molecule is CC1C(=O)NCCc2c1c1c(C(O)C(N)=O)cc(Cl)c(Cl)c1n2C(F)F. The van der Waals surface area contributed by atoms with Crippen LogP contribution < -0.4 is 11.1 Å². The van der Waals surface area contributed by atoms with E-state index in [0.717, 1.165) is 0 Å².